The summed E-state index contributed by atoms with van der Waals surface area (Å²) in [5.74, 6) is 2.57. The maximum absolute atomic E-state index is 14.2. The lowest BCUT2D eigenvalue weighted by Crippen LogP contribution is -2.59. The fourth-order valence-corrected chi connectivity index (χ4v) is 5.82. The number of anilines is 1. The van der Waals surface area contributed by atoms with Gasteiger partial charge in [-0.3, -0.25) is 0 Å². The van der Waals surface area contributed by atoms with Crippen LogP contribution in [0.3, 0.4) is 0 Å². The third-order valence-electron chi connectivity index (χ3n) is 5.99. The van der Waals surface area contributed by atoms with Crippen LogP contribution in [0.2, 0.25) is 0 Å². The van der Waals surface area contributed by atoms with Gasteiger partial charge in [0.1, 0.15) is 5.82 Å². The molecule has 1 aromatic rings. The lowest BCUT2D eigenvalue weighted by atomic mass is 9.52. The molecule has 4 saturated carbocycles. The van der Waals surface area contributed by atoms with Gasteiger partial charge in [0.05, 0.1) is 5.69 Å². The predicted molar refractivity (Wildman–Crippen MR) is 83.4 cm³/mol. The predicted octanol–water partition coefficient (Wildman–Crippen LogP) is 4.99. The minimum atomic E-state index is -0.0913. The Morgan fingerprint density at radius 3 is 2.20 bits per heavy atom. The highest BCUT2D eigenvalue weighted by molar-refractivity contribution is 9.10. The van der Waals surface area contributed by atoms with E-state index in [0.717, 1.165) is 27.9 Å². The van der Waals surface area contributed by atoms with Gasteiger partial charge in [-0.2, -0.15) is 0 Å². The fourth-order valence-electron chi connectivity index (χ4n) is 5.47. The number of hydrogen-bond acceptors (Lipinski definition) is 1. The van der Waals surface area contributed by atoms with Crippen LogP contribution in [0.4, 0.5) is 10.1 Å². The van der Waals surface area contributed by atoms with Gasteiger partial charge >= 0.3 is 0 Å². The van der Waals surface area contributed by atoms with Crippen LogP contribution in [0.25, 0.3) is 0 Å². The molecule has 0 unspecified atom stereocenters. The maximum Gasteiger partial charge on any atom is 0.146 e. The molecule has 0 saturated heterocycles. The average molecular weight is 338 g/mol. The van der Waals surface area contributed by atoms with Gasteiger partial charge in [0.25, 0.3) is 0 Å². The summed E-state index contributed by atoms with van der Waals surface area (Å²) in [7, 11) is 2.11. The van der Waals surface area contributed by atoms with Crippen molar-refractivity contribution in [2.24, 2.45) is 17.8 Å². The van der Waals surface area contributed by atoms with Gasteiger partial charge in [-0.15, -0.1) is 0 Å². The molecule has 4 aliphatic rings. The van der Waals surface area contributed by atoms with E-state index in [4.69, 9.17) is 0 Å². The minimum absolute atomic E-state index is 0.0913. The molecular formula is C17H21BrFN. The molecule has 0 heterocycles. The summed E-state index contributed by atoms with van der Waals surface area (Å²) in [5, 5.41) is 0. The SMILES string of the molecule is CN(c1cc(Br)ccc1F)C12CC3CC(CC(C3)C1)C2. The summed E-state index contributed by atoms with van der Waals surface area (Å²) in [6, 6.07) is 5.30. The molecule has 4 aliphatic carbocycles. The molecule has 0 N–H and O–H groups in total. The first kappa shape index (κ1) is 13.1. The molecule has 0 atom stereocenters. The van der Waals surface area contributed by atoms with Crippen LogP contribution in [-0.4, -0.2) is 12.6 Å². The zero-order chi connectivity index (χ0) is 13.9. The van der Waals surface area contributed by atoms with Crippen molar-refractivity contribution in [3.63, 3.8) is 0 Å². The van der Waals surface area contributed by atoms with Crippen LogP contribution in [0.5, 0.6) is 0 Å². The largest absolute Gasteiger partial charge is 0.366 e. The van der Waals surface area contributed by atoms with Crippen molar-refractivity contribution in [1.29, 1.82) is 0 Å². The normalized spacial score (nSPS) is 38.2. The number of benzene rings is 1. The van der Waals surface area contributed by atoms with Crippen molar-refractivity contribution in [1.82, 2.24) is 0 Å². The van der Waals surface area contributed by atoms with Gasteiger partial charge in [-0.05, 0) is 74.5 Å². The van der Waals surface area contributed by atoms with E-state index in [2.05, 4.69) is 27.9 Å². The highest BCUT2D eigenvalue weighted by atomic mass is 79.9. The molecular weight excluding hydrogens is 317 g/mol. The Balaban J connectivity index is 1.71. The smallest absolute Gasteiger partial charge is 0.146 e. The molecule has 0 spiro atoms. The Kier molecular flexibility index (Phi) is 2.93. The molecule has 3 heteroatoms. The number of hydrogen-bond donors (Lipinski definition) is 0. The van der Waals surface area contributed by atoms with Gasteiger partial charge in [0, 0.05) is 17.1 Å². The molecule has 108 valence electrons. The molecule has 0 radical (unpaired) electrons. The lowest BCUT2D eigenvalue weighted by Gasteiger charge is -2.60. The summed E-state index contributed by atoms with van der Waals surface area (Å²) < 4.78 is 15.2. The minimum Gasteiger partial charge on any atom is -0.366 e. The second-order valence-electron chi connectivity index (χ2n) is 7.30. The van der Waals surface area contributed by atoms with Crippen LogP contribution in [0, 0.1) is 23.6 Å². The fraction of sp³-hybridized carbons (Fsp3) is 0.647. The van der Waals surface area contributed by atoms with Gasteiger partial charge in [0.15, 0.2) is 0 Å². The Morgan fingerprint density at radius 2 is 1.65 bits per heavy atom. The van der Waals surface area contributed by atoms with Crippen LogP contribution >= 0.6 is 15.9 Å². The van der Waals surface area contributed by atoms with E-state index >= 15 is 0 Å². The Labute approximate surface area is 128 Å². The van der Waals surface area contributed by atoms with Crippen LogP contribution in [-0.2, 0) is 0 Å². The van der Waals surface area contributed by atoms with E-state index in [0.29, 0.717) is 0 Å². The summed E-state index contributed by atoms with van der Waals surface area (Å²) in [6.07, 6.45) is 8.07. The van der Waals surface area contributed by atoms with Crippen LogP contribution < -0.4 is 4.90 Å². The standard InChI is InChI=1S/C17H21BrFN/c1-20(16-7-14(18)2-3-15(16)19)17-8-11-4-12(9-17)6-13(5-11)10-17/h2-3,7,11-13H,4-6,8-10H2,1H3. The van der Waals surface area contributed by atoms with E-state index in [1.54, 1.807) is 12.1 Å². The highest BCUT2D eigenvalue weighted by Crippen LogP contribution is 2.58. The first-order valence-electron chi connectivity index (χ1n) is 7.75. The first-order valence-corrected chi connectivity index (χ1v) is 8.54. The Hall–Kier alpha value is -0.570. The summed E-state index contributed by atoms with van der Waals surface area (Å²) in [5.41, 5.74) is 0.984. The third-order valence-corrected chi connectivity index (χ3v) is 6.48. The molecule has 1 aromatic carbocycles. The summed E-state index contributed by atoms with van der Waals surface area (Å²) in [4.78, 5) is 2.28. The molecule has 5 rings (SSSR count). The van der Waals surface area contributed by atoms with Crippen LogP contribution in [0.1, 0.15) is 38.5 Å². The average Bonchev–Trinajstić information content (AvgIpc) is 2.39. The number of halogens is 2. The zero-order valence-corrected chi connectivity index (χ0v) is 13.5. The van der Waals surface area contributed by atoms with Crippen molar-refractivity contribution in [2.45, 2.75) is 44.1 Å². The van der Waals surface area contributed by atoms with Crippen LogP contribution in [0.15, 0.2) is 22.7 Å². The van der Waals surface area contributed by atoms with Crippen molar-refractivity contribution in [2.75, 3.05) is 11.9 Å². The molecule has 0 aliphatic heterocycles. The highest BCUT2D eigenvalue weighted by Gasteiger charge is 2.53. The monoisotopic (exact) mass is 337 g/mol. The Morgan fingerprint density at radius 1 is 1.10 bits per heavy atom. The molecule has 4 fully saturated rings. The molecule has 1 nitrogen and oxygen atoms in total. The second-order valence-corrected chi connectivity index (χ2v) is 8.21. The van der Waals surface area contributed by atoms with E-state index in [-0.39, 0.29) is 11.4 Å². The third kappa shape index (κ3) is 1.93. The lowest BCUT2D eigenvalue weighted by molar-refractivity contribution is -0.00224. The second kappa shape index (κ2) is 4.46. The molecule has 0 amide bonds. The van der Waals surface area contributed by atoms with E-state index in [1.165, 1.54) is 38.5 Å². The van der Waals surface area contributed by atoms with Crippen molar-refractivity contribution >= 4 is 21.6 Å². The van der Waals surface area contributed by atoms with Gasteiger partial charge in [0.2, 0.25) is 0 Å². The first-order chi connectivity index (χ1) is 9.56. The zero-order valence-electron chi connectivity index (χ0n) is 11.9. The number of nitrogens with zero attached hydrogens (tertiary/aromatic N) is 1. The number of rotatable bonds is 2. The van der Waals surface area contributed by atoms with E-state index < -0.39 is 0 Å². The van der Waals surface area contributed by atoms with Gasteiger partial charge in [-0.1, -0.05) is 15.9 Å². The quantitative estimate of drug-likeness (QED) is 0.734. The van der Waals surface area contributed by atoms with E-state index in [1.807, 2.05) is 6.07 Å². The molecule has 4 bridgehead atoms. The van der Waals surface area contributed by atoms with E-state index in [9.17, 15) is 4.39 Å². The van der Waals surface area contributed by atoms with Crippen molar-refractivity contribution in [3.8, 4) is 0 Å². The van der Waals surface area contributed by atoms with Gasteiger partial charge in [-0.25, -0.2) is 4.39 Å². The molecule has 20 heavy (non-hydrogen) atoms. The van der Waals surface area contributed by atoms with Crippen molar-refractivity contribution in [3.05, 3.63) is 28.5 Å². The summed E-state index contributed by atoms with van der Waals surface area (Å²) in [6.45, 7) is 0. The Bertz CT molecular complexity index is 507. The topological polar surface area (TPSA) is 3.24 Å². The van der Waals surface area contributed by atoms with Crippen molar-refractivity contribution < 1.29 is 4.39 Å². The summed E-state index contributed by atoms with van der Waals surface area (Å²) >= 11 is 3.48. The molecule has 0 aromatic heterocycles. The van der Waals surface area contributed by atoms with Gasteiger partial charge < -0.3 is 4.90 Å². The maximum atomic E-state index is 14.2.